The standard InChI is InChI=1S/C14H24ClN3/c1-3-7-18-14(12(15)9-17-18)11-8-10(4-2)5-6-13(11)16/h9-11,13H,3-8,16H2,1-2H3. The summed E-state index contributed by atoms with van der Waals surface area (Å²) in [5, 5.41) is 5.19. The molecule has 0 spiro atoms. The molecule has 1 fully saturated rings. The summed E-state index contributed by atoms with van der Waals surface area (Å²) in [6.45, 7) is 5.36. The molecule has 3 atom stereocenters. The van der Waals surface area contributed by atoms with Crippen LogP contribution in [0.3, 0.4) is 0 Å². The molecule has 0 radical (unpaired) electrons. The Balaban J connectivity index is 2.25. The van der Waals surface area contributed by atoms with E-state index in [2.05, 4.69) is 23.6 Å². The van der Waals surface area contributed by atoms with Gasteiger partial charge in [-0.05, 0) is 31.6 Å². The number of aromatic nitrogens is 2. The predicted octanol–water partition coefficient (Wildman–Crippen LogP) is 3.57. The van der Waals surface area contributed by atoms with Gasteiger partial charge < -0.3 is 5.73 Å². The van der Waals surface area contributed by atoms with Crippen LogP contribution in [0.5, 0.6) is 0 Å². The van der Waals surface area contributed by atoms with Gasteiger partial charge in [0.25, 0.3) is 0 Å². The van der Waals surface area contributed by atoms with E-state index in [0.29, 0.717) is 5.92 Å². The van der Waals surface area contributed by atoms with Crippen molar-refractivity contribution in [3.63, 3.8) is 0 Å². The fraction of sp³-hybridized carbons (Fsp3) is 0.786. The third-order valence-electron chi connectivity index (χ3n) is 4.21. The van der Waals surface area contributed by atoms with Crippen LogP contribution in [0, 0.1) is 5.92 Å². The van der Waals surface area contributed by atoms with Crippen LogP contribution < -0.4 is 5.73 Å². The maximum Gasteiger partial charge on any atom is 0.0821 e. The number of hydrogen-bond donors (Lipinski definition) is 1. The first-order chi connectivity index (χ1) is 8.67. The van der Waals surface area contributed by atoms with Gasteiger partial charge in [-0.1, -0.05) is 31.9 Å². The number of nitrogens with zero attached hydrogens (tertiary/aromatic N) is 2. The topological polar surface area (TPSA) is 43.8 Å². The Morgan fingerprint density at radius 3 is 2.89 bits per heavy atom. The van der Waals surface area contributed by atoms with Crippen LogP contribution in [0.25, 0.3) is 0 Å². The van der Waals surface area contributed by atoms with Crippen LogP contribution in [-0.2, 0) is 6.54 Å². The summed E-state index contributed by atoms with van der Waals surface area (Å²) < 4.78 is 2.06. The van der Waals surface area contributed by atoms with E-state index < -0.39 is 0 Å². The zero-order valence-corrected chi connectivity index (χ0v) is 12.2. The van der Waals surface area contributed by atoms with Gasteiger partial charge in [0.05, 0.1) is 16.9 Å². The van der Waals surface area contributed by atoms with Gasteiger partial charge >= 0.3 is 0 Å². The molecule has 4 heteroatoms. The van der Waals surface area contributed by atoms with Crippen LogP contribution in [0.1, 0.15) is 57.6 Å². The van der Waals surface area contributed by atoms with Gasteiger partial charge in [-0.2, -0.15) is 5.10 Å². The molecule has 3 unspecified atom stereocenters. The van der Waals surface area contributed by atoms with Crippen molar-refractivity contribution in [3.8, 4) is 0 Å². The Labute approximate surface area is 115 Å². The molecule has 0 aliphatic heterocycles. The second-order valence-electron chi connectivity index (χ2n) is 5.46. The molecular formula is C14H24ClN3. The van der Waals surface area contributed by atoms with Crippen LogP contribution in [-0.4, -0.2) is 15.8 Å². The van der Waals surface area contributed by atoms with Crippen molar-refractivity contribution in [3.05, 3.63) is 16.9 Å². The molecule has 1 aromatic rings. The summed E-state index contributed by atoms with van der Waals surface area (Å²) >= 11 is 6.33. The van der Waals surface area contributed by atoms with E-state index in [9.17, 15) is 0 Å². The fourth-order valence-electron chi connectivity index (χ4n) is 3.10. The lowest BCUT2D eigenvalue weighted by molar-refractivity contribution is 0.272. The quantitative estimate of drug-likeness (QED) is 0.908. The van der Waals surface area contributed by atoms with Crippen molar-refractivity contribution in [1.82, 2.24) is 9.78 Å². The van der Waals surface area contributed by atoms with Crippen LogP contribution >= 0.6 is 11.6 Å². The highest BCUT2D eigenvalue weighted by Crippen LogP contribution is 2.39. The molecule has 3 nitrogen and oxygen atoms in total. The lowest BCUT2D eigenvalue weighted by Crippen LogP contribution is -2.35. The maximum absolute atomic E-state index is 6.33. The van der Waals surface area contributed by atoms with Gasteiger partial charge in [0.1, 0.15) is 0 Å². The highest BCUT2D eigenvalue weighted by molar-refractivity contribution is 6.31. The first kappa shape index (κ1) is 13.9. The smallest absolute Gasteiger partial charge is 0.0821 e. The number of nitrogens with two attached hydrogens (primary N) is 1. The van der Waals surface area contributed by atoms with E-state index in [0.717, 1.165) is 36.7 Å². The van der Waals surface area contributed by atoms with E-state index in [1.807, 2.05) is 0 Å². The van der Waals surface area contributed by atoms with Crippen molar-refractivity contribution in [1.29, 1.82) is 0 Å². The van der Waals surface area contributed by atoms with Gasteiger partial charge in [0.2, 0.25) is 0 Å². The van der Waals surface area contributed by atoms with Crippen molar-refractivity contribution >= 4 is 11.6 Å². The molecule has 0 saturated heterocycles. The zero-order chi connectivity index (χ0) is 13.1. The molecule has 0 bridgehead atoms. The predicted molar refractivity (Wildman–Crippen MR) is 75.9 cm³/mol. The van der Waals surface area contributed by atoms with Crippen molar-refractivity contribution < 1.29 is 0 Å². The van der Waals surface area contributed by atoms with E-state index >= 15 is 0 Å². The Bertz CT molecular complexity index is 388. The van der Waals surface area contributed by atoms with Gasteiger partial charge in [-0.25, -0.2) is 0 Å². The largest absolute Gasteiger partial charge is 0.327 e. The molecule has 0 amide bonds. The molecule has 1 aliphatic carbocycles. The summed E-state index contributed by atoms with van der Waals surface area (Å²) in [4.78, 5) is 0. The SMILES string of the molecule is CCCn1ncc(Cl)c1C1CC(CC)CCC1N. The summed E-state index contributed by atoms with van der Waals surface area (Å²) in [5.41, 5.74) is 7.49. The first-order valence-electron chi connectivity index (χ1n) is 7.14. The lowest BCUT2D eigenvalue weighted by Gasteiger charge is -2.34. The van der Waals surface area contributed by atoms with Crippen LogP contribution in [0.2, 0.25) is 5.02 Å². The Kier molecular flexibility index (Phi) is 4.68. The molecule has 1 heterocycles. The fourth-order valence-corrected chi connectivity index (χ4v) is 3.38. The minimum Gasteiger partial charge on any atom is -0.327 e. The van der Waals surface area contributed by atoms with E-state index in [1.165, 1.54) is 18.5 Å². The van der Waals surface area contributed by atoms with E-state index in [1.54, 1.807) is 6.20 Å². The minimum absolute atomic E-state index is 0.234. The average molecular weight is 270 g/mol. The second-order valence-corrected chi connectivity index (χ2v) is 5.87. The van der Waals surface area contributed by atoms with Crippen LogP contribution in [0.15, 0.2) is 6.20 Å². The Morgan fingerprint density at radius 1 is 1.44 bits per heavy atom. The highest BCUT2D eigenvalue weighted by Gasteiger charge is 2.32. The molecule has 1 saturated carbocycles. The molecule has 1 aromatic heterocycles. The summed E-state index contributed by atoms with van der Waals surface area (Å²) in [7, 11) is 0. The third kappa shape index (κ3) is 2.72. The zero-order valence-electron chi connectivity index (χ0n) is 11.4. The van der Waals surface area contributed by atoms with E-state index in [4.69, 9.17) is 17.3 Å². The second kappa shape index (κ2) is 6.07. The monoisotopic (exact) mass is 269 g/mol. The molecule has 102 valence electrons. The number of aryl methyl sites for hydroxylation is 1. The first-order valence-corrected chi connectivity index (χ1v) is 7.51. The summed E-state index contributed by atoms with van der Waals surface area (Å²) in [5.74, 6) is 1.17. The lowest BCUT2D eigenvalue weighted by atomic mass is 9.76. The average Bonchev–Trinajstić information content (AvgIpc) is 2.72. The summed E-state index contributed by atoms with van der Waals surface area (Å²) in [6, 6.07) is 0.234. The minimum atomic E-state index is 0.234. The highest BCUT2D eigenvalue weighted by atomic mass is 35.5. The van der Waals surface area contributed by atoms with Crippen LogP contribution in [0.4, 0.5) is 0 Å². The number of hydrogen-bond acceptors (Lipinski definition) is 2. The van der Waals surface area contributed by atoms with Crippen molar-refractivity contribution in [2.24, 2.45) is 11.7 Å². The molecule has 2 rings (SSSR count). The third-order valence-corrected chi connectivity index (χ3v) is 4.50. The van der Waals surface area contributed by atoms with Crippen molar-refractivity contribution in [2.45, 2.75) is 64.5 Å². The van der Waals surface area contributed by atoms with E-state index in [-0.39, 0.29) is 6.04 Å². The van der Waals surface area contributed by atoms with Gasteiger partial charge in [-0.3, -0.25) is 4.68 Å². The normalized spacial score (nSPS) is 28.6. The van der Waals surface area contributed by atoms with Gasteiger partial charge in [0, 0.05) is 18.5 Å². The van der Waals surface area contributed by atoms with Crippen molar-refractivity contribution in [2.75, 3.05) is 0 Å². The Morgan fingerprint density at radius 2 is 2.22 bits per heavy atom. The van der Waals surface area contributed by atoms with Gasteiger partial charge in [0.15, 0.2) is 0 Å². The van der Waals surface area contributed by atoms with Gasteiger partial charge in [-0.15, -0.1) is 0 Å². The molecule has 1 aliphatic rings. The number of halogens is 1. The molecule has 0 aromatic carbocycles. The molecular weight excluding hydrogens is 246 g/mol. The molecule has 18 heavy (non-hydrogen) atoms. The molecule has 2 N–H and O–H groups in total. The number of rotatable bonds is 4. The Hall–Kier alpha value is -0.540. The summed E-state index contributed by atoms with van der Waals surface area (Å²) in [6.07, 6.45) is 7.61. The maximum atomic E-state index is 6.33.